The van der Waals surface area contributed by atoms with Gasteiger partial charge in [-0.2, -0.15) is 9.97 Å². The quantitative estimate of drug-likeness (QED) is 0.176. The highest BCUT2D eigenvalue weighted by atomic mass is 32.1. The van der Waals surface area contributed by atoms with Crippen LogP contribution in [0, 0.1) is 0 Å². The Labute approximate surface area is 331 Å². The molecule has 0 aliphatic rings. The topological polar surface area (TPSA) is 48.5 Å². The van der Waals surface area contributed by atoms with Gasteiger partial charge in [0.05, 0.1) is 27.8 Å². The Balaban J connectivity index is 1.06. The van der Waals surface area contributed by atoms with Crippen molar-refractivity contribution in [3.63, 3.8) is 0 Å². The molecule has 12 aromatic rings. The van der Waals surface area contributed by atoms with E-state index < -0.39 is 0 Å². The van der Waals surface area contributed by atoms with Gasteiger partial charge < -0.3 is 4.57 Å². The zero-order valence-corrected chi connectivity index (χ0v) is 31.4. The second kappa shape index (κ2) is 12.6. The van der Waals surface area contributed by atoms with E-state index in [0.717, 1.165) is 32.9 Å². The lowest BCUT2D eigenvalue weighted by Gasteiger charge is -2.11. The van der Waals surface area contributed by atoms with Crippen molar-refractivity contribution in [2.75, 3.05) is 0 Å². The van der Waals surface area contributed by atoms with Crippen LogP contribution in [0.2, 0.25) is 0 Å². The average molecular weight is 746 g/mol. The van der Waals surface area contributed by atoms with E-state index >= 15 is 0 Å². The van der Waals surface area contributed by atoms with Crippen molar-refractivity contribution >= 4 is 75.1 Å². The molecule has 0 saturated heterocycles. The summed E-state index contributed by atoms with van der Waals surface area (Å²) in [4.78, 5) is 15.6. The van der Waals surface area contributed by atoms with Crippen molar-refractivity contribution in [2.45, 2.75) is 0 Å². The third-order valence-electron chi connectivity index (χ3n) is 11.2. The number of aromatic nitrogens is 5. The Morgan fingerprint density at radius 3 is 1.60 bits per heavy atom. The lowest BCUT2D eigenvalue weighted by Crippen LogP contribution is -2.06. The molecule has 0 amide bonds. The standard InChI is InChI=1S/C51H31N5S/c1-3-14-32(15-4-1)34-27-29-44-40(30-34)38-20-9-12-23-43(38)56(44)51-53-49(33-16-5-2-6-17-33)52-50(54-51)35-26-28-39-47(31-35)57-46-25-13-24-45(48(39)46)55-41-21-10-7-18-36(41)37-19-8-11-22-42(37)55/h1-31H. The number of nitrogens with zero attached hydrogens (tertiary/aromatic N) is 5. The minimum Gasteiger partial charge on any atom is -0.309 e. The molecule has 266 valence electrons. The number of rotatable bonds is 5. The SMILES string of the molecule is c1ccc(-c2ccc3c(c2)c2ccccc2n3-c2nc(-c3ccccc3)nc(-c3ccc4c(c3)sc3cccc(-n5c6ccccc6c6ccccc65)c34)n2)cc1. The Morgan fingerprint density at radius 1 is 0.333 bits per heavy atom. The third kappa shape index (κ3) is 4.98. The number of hydrogen-bond donors (Lipinski definition) is 0. The van der Waals surface area contributed by atoms with E-state index in [1.165, 1.54) is 58.8 Å². The van der Waals surface area contributed by atoms with Crippen LogP contribution in [0.5, 0.6) is 0 Å². The van der Waals surface area contributed by atoms with Gasteiger partial charge >= 0.3 is 0 Å². The first-order chi connectivity index (χ1) is 28.3. The van der Waals surface area contributed by atoms with Gasteiger partial charge in [0, 0.05) is 52.8 Å². The molecule has 0 bridgehead atoms. The summed E-state index contributed by atoms with van der Waals surface area (Å²) in [5.74, 6) is 1.85. The maximum atomic E-state index is 5.28. The third-order valence-corrected chi connectivity index (χ3v) is 12.3. The van der Waals surface area contributed by atoms with Crippen LogP contribution in [0.1, 0.15) is 0 Å². The highest BCUT2D eigenvalue weighted by Gasteiger charge is 2.20. The summed E-state index contributed by atoms with van der Waals surface area (Å²) in [5, 5.41) is 7.28. The number of para-hydroxylation sites is 3. The summed E-state index contributed by atoms with van der Waals surface area (Å²) in [6.45, 7) is 0. The normalized spacial score (nSPS) is 11.9. The molecule has 0 saturated carbocycles. The first-order valence-electron chi connectivity index (χ1n) is 19.1. The van der Waals surface area contributed by atoms with E-state index in [4.69, 9.17) is 15.0 Å². The van der Waals surface area contributed by atoms with Gasteiger partial charge in [0.15, 0.2) is 11.6 Å². The van der Waals surface area contributed by atoms with E-state index in [9.17, 15) is 0 Å². The van der Waals surface area contributed by atoms with Crippen molar-refractivity contribution in [2.24, 2.45) is 0 Å². The molecule has 4 heterocycles. The lowest BCUT2D eigenvalue weighted by molar-refractivity contribution is 0.954. The van der Waals surface area contributed by atoms with Crippen LogP contribution < -0.4 is 0 Å². The van der Waals surface area contributed by atoms with Crippen LogP contribution in [-0.2, 0) is 0 Å². The predicted molar refractivity (Wildman–Crippen MR) is 238 cm³/mol. The highest BCUT2D eigenvalue weighted by Crippen LogP contribution is 2.42. The lowest BCUT2D eigenvalue weighted by atomic mass is 10.0. The number of thiophene rings is 1. The average Bonchev–Trinajstić information content (AvgIpc) is 3.94. The summed E-state index contributed by atoms with van der Waals surface area (Å²) in [5.41, 5.74) is 9.92. The number of benzene rings is 8. The summed E-state index contributed by atoms with van der Waals surface area (Å²) < 4.78 is 7.03. The molecule has 0 atom stereocenters. The predicted octanol–water partition coefficient (Wildman–Crippen LogP) is 13.4. The Hall–Kier alpha value is -7.41. The molecule has 8 aromatic carbocycles. The van der Waals surface area contributed by atoms with E-state index in [1.54, 1.807) is 0 Å². The molecular formula is C51H31N5S. The van der Waals surface area contributed by atoms with Crippen molar-refractivity contribution in [3.05, 3.63) is 188 Å². The van der Waals surface area contributed by atoms with Crippen LogP contribution in [0.4, 0.5) is 0 Å². The van der Waals surface area contributed by atoms with E-state index in [0.29, 0.717) is 17.6 Å². The number of fused-ring (bicyclic) bond motifs is 9. The van der Waals surface area contributed by atoms with Gasteiger partial charge in [0.25, 0.3) is 0 Å². The Bertz CT molecular complexity index is 3470. The summed E-state index contributed by atoms with van der Waals surface area (Å²) in [6, 6.07) is 66.7. The van der Waals surface area contributed by atoms with Crippen molar-refractivity contribution < 1.29 is 0 Å². The van der Waals surface area contributed by atoms with Gasteiger partial charge in [0.1, 0.15) is 0 Å². The first-order valence-corrected chi connectivity index (χ1v) is 19.9. The molecule has 5 nitrogen and oxygen atoms in total. The molecular weight excluding hydrogens is 715 g/mol. The zero-order chi connectivity index (χ0) is 37.5. The molecule has 57 heavy (non-hydrogen) atoms. The minimum atomic E-state index is 0.586. The van der Waals surface area contributed by atoms with E-state index in [2.05, 4.69) is 179 Å². The van der Waals surface area contributed by atoms with Gasteiger partial charge in [-0.3, -0.25) is 4.57 Å². The monoisotopic (exact) mass is 745 g/mol. The first kappa shape index (κ1) is 31.9. The molecule has 6 heteroatoms. The minimum absolute atomic E-state index is 0.586. The molecule has 0 aliphatic heterocycles. The van der Waals surface area contributed by atoms with Gasteiger partial charge in [-0.1, -0.05) is 140 Å². The molecule has 0 spiro atoms. The molecule has 4 aromatic heterocycles. The van der Waals surface area contributed by atoms with E-state index in [-0.39, 0.29) is 0 Å². The van der Waals surface area contributed by atoms with Crippen molar-refractivity contribution in [1.29, 1.82) is 0 Å². The molecule has 0 radical (unpaired) electrons. The van der Waals surface area contributed by atoms with Gasteiger partial charge in [-0.25, -0.2) is 4.98 Å². The molecule has 0 N–H and O–H groups in total. The fourth-order valence-electron chi connectivity index (χ4n) is 8.62. The molecule has 0 unspecified atom stereocenters. The van der Waals surface area contributed by atoms with Crippen molar-refractivity contribution in [3.8, 4) is 45.5 Å². The molecule has 0 aliphatic carbocycles. The maximum Gasteiger partial charge on any atom is 0.238 e. The van der Waals surface area contributed by atoms with Gasteiger partial charge in [-0.15, -0.1) is 11.3 Å². The van der Waals surface area contributed by atoms with Crippen molar-refractivity contribution in [1.82, 2.24) is 24.1 Å². The Morgan fingerprint density at radius 2 is 0.895 bits per heavy atom. The smallest absolute Gasteiger partial charge is 0.238 e. The highest BCUT2D eigenvalue weighted by molar-refractivity contribution is 7.26. The number of hydrogen-bond acceptors (Lipinski definition) is 4. The fourth-order valence-corrected chi connectivity index (χ4v) is 9.79. The van der Waals surface area contributed by atoms with Gasteiger partial charge in [0.2, 0.25) is 5.95 Å². The second-order valence-electron chi connectivity index (χ2n) is 14.4. The van der Waals surface area contributed by atoms with Crippen LogP contribution in [0.25, 0.3) is 109 Å². The molecule has 12 rings (SSSR count). The molecule has 0 fully saturated rings. The van der Waals surface area contributed by atoms with Crippen LogP contribution in [0.3, 0.4) is 0 Å². The van der Waals surface area contributed by atoms with Crippen LogP contribution in [0.15, 0.2) is 188 Å². The summed E-state index contributed by atoms with van der Waals surface area (Å²) in [6.07, 6.45) is 0. The van der Waals surface area contributed by atoms with Gasteiger partial charge in [-0.05, 0) is 59.7 Å². The van der Waals surface area contributed by atoms with Crippen LogP contribution >= 0.6 is 11.3 Å². The fraction of sp³-hybridized carbons (Fsp3) is 0. The zero-order valence-electron chi connectivity index (χ0n) is 30.5. The largest absolute Gasteiger partial charge is 0.309 e. The summed E-state index contributed by atoms with van der Waals surface area (Å²) >= 11 is 1.81. The Kier molecular flexibility index (Phi) is 7.03. The van der Waals surface area contributed by atoms with Crippen LogP contribution in [-0.4, -0.2) is 24.1 Å². The summed E-state index contributed by atoms with van der Waals surface area (Å²) in [7, 11) is 0. The second-order valence-corrected chi connectivity index (χ2v) is 15.5. The van der Waals surface area contributed by atoms with E-state index in [1.807, 2.05) is 29.5 Å². The maximum absolute atomic E-state index is 5.28.